The van der Waals surface area contributed by atoms with Gasteiger partial charge < -0.3 is 14.6 Å². The minimum Gasteiger partial charge on any atom is -0.481 e. The first-order valence-corrected chi connectivity index (χ1v) is 9.40. The fraction of sp³-hybridized carbons (Fsp3) is 0.611. The van der Waals surface area contributed by atoms with Gasteiger partial charge in [-0.15, -0.1) is 0 Å². The van der Waals surface area contributed by atoms with Gasteiger partial charge in [-0.05, 0) is 12.3 Å². The van der Waals surface area contributed by atoms with Crippen LogP contribution in [0, 0.1) is 5.92 Å². The van der Waals surface area contributed by atoms with Crippen molar-refractivity contribution < 1.29 is 14.4 Å². The van der Waals surface area contributed by atoms with Crippen LogP contribution in [0.4, 0.5) is 0 Å². The van der Waals surface area contributed by atoms with Crippen LogP contribution in [0.5, 0.6) is 0 Å². The van der Waals surface area contributed by atoms with Gasteiger partial charge in [0.1, 0.15) is 5.56 Å². The van der Waals surface area contributed by atoms with E-state index in [1.807, 2.05) is 0 Å². The van der Waals surface area contributed by atoms with Gasteiger partial charge in [0.15, 0.2) is 0 Å². The van der Waals surface area contributed by atoms with Crippen molar-refractivity contribution >= 4 is 5.97 Å². The second-order valence-electron chi connectivity index (χ2n) is 7.17. The first kappa shape index (κ1) is 19.1. The van der Waals surface area contributed by atoms with Crippen LogP contribution >= 0.6 is 0 Å². The number of carbonyl (C=O) groups is 1. The second kappa shape index (κ2) is 8.79. The van der Waals surface area contributed by atoms with Crippen molar-refractivity contribution in [3.63, 3.8) is 0 Å². The summed E-state index contributed by atoms with van der Waals surface area (Å²) in [5, 5.41) is 13.0. The molecule has 0 aliphatic heterocycles. The summed E-state index contributed by atoms with van der Waals surface area (Å²) in [6, 6.07) is 0. The summed E-state index contributed by atoms with van der Waals surface area (Å²) in [6.07, 6.45) is 10.1. The van der Waals surface area contributed by atoms with E-state index in [-0.39, 0.29) is 23.7 Å². The predicted molar refractivity (Wildman–Crippen MR) is 96.4 cm³/mol. The Hall–Kier alpha value is -2.71. The third-order valence-corrected chi connectivity index (χ3v) is 5.16. The van der Waals surface area contributed by atoms with Crippen molar-refractivity contribution in [3.8, 4) is 11.4 Å². The van der Waals surface area contributed by atoms with E-state index in [1.54, 1.807) is 0 Å². The Balaban J connectivity index is 1.69. The fourth-order valence-electron chi connectivity index (χ4n) is 3.74. The number of aromatic nitrogens is 4. The Morgan fingerprint density at radius 1 is 1.30 bits per heavy atom. The molecule has 2 aromatic heterocycles. The molecule has 1 aliphatic rings. The van der Waals surface area contributed by atoms with Crippen molar-refractivity contribution in [3.05, 3.63) is 32.9 Å². The van der Waals surface area contributed by atoms with Gasteiger partial charge in [0, 0.05) is 12.1 Å². The topological polar surface area (TPSA) is 142 Å². The van der Waals surface area contributed by atoms with Crippen molar-refractivity contribution in [1.82, 2.24) is 20.1 Å². The monoisotopic (exact) mass is 376 g/mol. The number of nitrogens with zero attached hydrogens (tertiary/aromatic N) is 2. The molecule has 0 amide bonds. The third kappa shape index (κ3) is 5.15. The van der Waals surface area contributed by atoms with Gasteiger partial charge in [-0.1, -0.05) is 50.1 Å². The van der Waals surface area contributed by atoms with E-state index < -0.39 is 23.1 Å². The highest BCUT2D eigenvalue weighted by Crippen LogP contribution is 2.31. The minimum absolute atomic E-state index is 0.0326. The lowest BCUT2D eigenvalue weighted by atomic mass is 9.84. The lowest BCUT2D eigenvalue weighted by molar-refractivity contribution is -0.137. The molecule has 146 valence electrons. The van der Waals surface area contributed by atoms with Crippen LogP contribution in [0.25, 0.3) is 11.4 Å². The van der Waals surface area contributed by atoms with Gasteiger partial charge in [0.05, 0.1) is 6.42 Å². The first-order valence-electron chi connectivity index (χ1n) is 9.40. The zero-order valence-corrected chi connectivity index (χ0v) is 15.1. The average Bonchev–Trinajstić information content (AvgIpc) is 3.11. The molecule has 3 N–H and O–H groups in total. The van der Waals surface area contributed by atoms with Gasteiger partial charge in [0.2, 0.25) is 11.7 Å². The quantitative estimate of drug-likeness (QED) is 0.642. The fourth-order valence-corrected chi connectivity index (χ4v) is 3.74. The van der Waals surface area contributed by atoms with Gasteiger partial charge in [-0.3, -0.25) is 14.6 Å². The molecule has 0 bridgehead atoms. The summed E-state index contributed by atoms with van der Waals surface area (Å²) in [4.78, 5) is 42.9. The Morgan fingerprint density at radius 2 is 2.07 bits per heavy atom. The maximum atomic E-state index is 11.9. The van der Waals surface area contributed by atoms with Crippen LogP contribution in [0.1, 0.15) is 69.6 Å². The zero-order valence-electron chi connectivity index (χ0n) is 15.1. The van der Waals surface area contributed by atoms with Crippen LogP contribution in [0.2, 0.25) is 0 Å². The number of nitrogens with one attached hydrogen (secondary N) is 2. The molecule has 9 nitrogen and oxygen atoms in total. The van der Waals surface area contributed by atoms with E-state index in [1.165, 1.54) is 38.3 Å². The van der Waals surface area contributed by atoms with E-state index in [9.17, 15) is 19.5 Å². The molecule has 0 aromatic carbocycles. The summed E-state index contributed by atoms with van der Waals surface area (Å²) in [5.74, 6) is -0.359. The summed E-state index contributed by atoms with van der Waals surface area (Å²) >= 11 is 0. The summed E-state index contributed by atoms with van der Waals surface area (Å²) < 4.78 is 5.24. The Morgan fingerprint density at radius 3 is 2.78 bits per heavy atom. The van der Waals surface area contributed by atoms with Crippen LogP contribution in [0.3, 0.4) is 0 Å². The van der Waals surface area contributed by atoms with E-state index >= 15 is 0 Å². The number of rotatable bonds is 8. The largest absolute Gasteiger partial charge is 0.481 e. The van der Waals surface area contributed by atoms with Crippen LogP contribution in [0.15, 0.2) is 20.3 Å². The Labute approximate surface area is 155 Å². The smallest absolute Gasteiger partial charge is 0.325 e. The maximum Gasteiger partial charge on any atom is 0.325 e. The number of H-pyrrole nitrogens is 2. The van der Waals surface area contributed by atoms with Crippen molar-refractivity contribution in [2.24, 2.45) is 5.92 Å². The SMILES string of the molecule is O=C(O)CC(CCCC1CCCCC1)c1nc(-c2c[nH]c(=O)[nH]c2=O)no1. The van der Waals surface area contributed by atoms with Gasteiger partial charge in [-0.2, -0.15) is 4.98 Å². The lowest BCUT2D eigenvalue weighted by Crippen LogP contribution is -2.22. The molecule has 1 aliphatic carbocycles. The molecule has 9 heteroatoms. The van der Waals surface area contributed by atoms with Crippen LogP contribution in [-0.4, -0.2) is 31.2 Å². The molecule has 2 aromatic rings. The summed E-state index contributed by atoms with van der Waals surface area (Å²) in [6.45, 7) is 0. The number of hydrogen-bond donors (Lipinski definition) is 3. The molecule has 1 unspecified atom stereocenters. The normalized spacial score (nSPS) is 16.3. The molecule has 1 fully saturated rings. The number of carboxylic acid groups (broad SMARTS) is 1. The van der Waals surface area contributed by atoms with E-state index in [4.69, 9.17) is 4.52 Å². The second-order valence-corrected chi connectivity index (χ2v) is 7.17. The van der Waals surface area contributed by atoms with Gasteiger partial charge in [0.25, 0.3) is 5.56 Å². The number of aromatic amines is 2. The van der Waals surface area contributed by atoms with E-state index in [2.05, 4.69) is 20.1 Å². The molecule has 27 heavy (non-hydrogen) atoms. The Kier molecular flexibility index (Phi) is 6.20. The molecule has 0 saturated heterocycles. The number of carboxylic acids is 1. The number of hydrogen-bond acceptors (Lipinski definition) is 6. The lowest BCUT2D eigenvalue weighted by Gasteiger charge is -2.21. The highest BCUT2D eigenvalue weighted by atomic mass is 16.5. The van der Waals surface area contributed by atoms with Crippen LogP contribution in [-0.2, 0) is 4.79 Å². The standard InChI is InChI=1S/C18H24N4O5/c23-14(24)9-12(8-4-7-11-5-2-1-3-6-11)17-20-15(22-27-17)13-10-19-18(26)21-16(13)25/h10-12H,1-9H2,(H,23,24)(H2,19,21,25,26). The van der Waals surface area contributed by atoms with Crippen molar-refractivity contribution in [2.75, 3.05) is 0 Å². The van der Waals surface area contributed by atoms with Gasteiger partial charge >= 0.3 is 11.7 Å². The highest BCUT2D eigenvalue weighted by molar-refractivity contribution is 5.67. The van der Waals surface area contributed by atoms with Crippen molar-refractivity contribution in [2.45, 2.75) is 63.7 Å². The molecule has 2 heterocycles. The molecular weight excluding hydrogens is 352 g/mol. The molecule has 1 atom stereocenters. The molecule has 0 spiro atoms. The van der Waals surface area contributed by atoms with E-state index in [0.29, 0.717) is 6.42 Å². The summed E-state index contributed by atoms with van der Waals surface area (Å²) in [7, 11) is 0. The third-order valence-electron chi connectivity index (χ3n) is 5.16. The summed E-state index contributed by atoms with van der Waals surface area (Å²) in [5.41, 5.74) is -1.18. The molecular formula is C18H24N4O5. The Bertz CT molecular complexity index is 878. The molecule has 1 saturated carbocycles. The predicted octanol–water partition coefficient (Wildman–Crippen LogP) is 2.42. The maximum absolute atomic E-state index is 11.9. The first-order chi connectivity index (χ1) is 13.0. The van der Waals surface area contributed by atoms with Gasteiger partial charge in [-0.25, -0.2) is 4.79 Å². The average molecular weight is 376 g/mol. The molecule has 3 rings (SSSR count). The number of aliphatic carboxylic acids is 1. The van der Waals surface area contributed by atoms with Crippen LogP contribution < -0.4 is 11.2 Å². The molecule has 0 radical (unpaired) electrons. The zero-order chi connectivity index (χ0) is 19.2. The van der Waals surface area contributed by atoms with Crippen molar-refractivity contribution in [1.29, 1.82) is 0 Å². The minimum atomic E-state index is -0.931. The van der Waals surface area contributed by atoms with E-state index in [0.717, 1.165) is 18.8 Å². The highest BCUT2D eigenvalue weighted by Gasteiger charge is 2.24.